The van der Waals surface area contributed by atoms with Gasteiger partial charge in [0.2, 0.25) is 0 Å². The second-order valence-corrected chi connectivity index (χ2v) is 5.30. The van der Waals surface area contributed by atoms with Crippen molar-refractivity contribution < 1.29 is 14.3 Å². The van der Waals surface area contributed by atoms with Gasteiger partial charge in [0.25, 0.3) is 0 Å². The minimum absolute atomic E-state index is 0.0433. The molecule has 2 amide bonds. The highest BCUT2D eigenvalue weighted by Crippen LogP contribution is 2.16. The van der Waals surface area contributed by atoms with Crippen molar-refractivity contribution in [1.29, 1.82) is 0 Å². The maximum Gasteiger partial charge on any atom is 0.317 e. The summed E-state index contributed by atoms with van der Waals surface area (Å²) in [6.07, 6.45) is 1.47. The van der Waals surface area contributed by atoms with Crippen LogP contribution in [0.5, 0.6) is 0 Å². The summed E-state index contributed by atoms with van der Waals surface area (Å²) in [4.78, 5) is 13.5. The number of nitrogens with one attached hydrogen (secondary N) is 1. The quantitative estimate of drug-likeness (QED) is 0.797. The van der Waals surface area contributed by atoms with Crippen LogP contribution in [0.2, 0.25) is 0 Å². The zero-order valence-corrected chi connectivity index (χ0v) is 13.1. The molecule has 1 rings (SSSR count). The van der Waals surface area contributed by atoms with Crippen LogP contribution in [0.4, 0.5) is 9.18 Å². The summed E-state index contributed by atoms with van der Waals surface area (Å²) in [5.41, 5.74) is 0.947. The van der Waals surface area contributed by atoms with Crippen LogP contribution in [0, 0.1) is 5.82 Å². The number of halogens is 2. The van der Waals surface area contributed by atoms with Crippen molar-refractivity contribution in [3.8, 4) is 0 Å². The van der Waals surface area contributed by atoms with E-state index in [1.165, 1.54) is 6.07 Å². The Morgan fingerprint density at radius 3 is 2.80 bits per heavy atom. The highest BCUT2D eigenvalue weighted by atomic mass is 79.9. The molecule has 0 aliphatic carbocycles. The molecule has 4 nitrogen and oxygen atoms in total. The summed E-state index contributed by atoms with van der Waals surface area (Å²) in [5.74, 6) is -0.296. The van der Waals surface area contributed by atoms with Crippen molar-refractivity contribution in [3.05, 3.63) is 34.1 Å². The summed E-state index contributed by atoms with van der Waals surface area (Å²) in [7, 11) is 0. The van der Waals surface area contributed by atoms with Crippen molar-refractivity contribution in [3.63, 3.8) is 0 Å². The minimum Gasteiger partial charge on any atom is -0.395 e. The van der Waals surface area contributed by atoms with Gasteiger partial charge in [-0.05, 0) is 46.5 Å². The van der Waals surface area contributed by atoms with Crippen LogP contribution >= 0.6 is 15.9 Å². The molecule has 0 spiro atoms. The molecule has 0 radical (unpaired) electrons. The van der Waals surface area contributed by atoms with E-state index in [0.29, 0.717) is 30.5 Å². The summed E-state index contributed by atoms with van der Waals surface area (Å²) in [6, 6.07) is 4.63. The number of rotatable bonds is 7. The van der Waals surface area contributed by atoms with Gasteiger partial charge >= 0.3 is 6.03 Å². The van der Waals surface area contributed by atoms with Crippen molar-refractivity contribution in [2.75, 3.05) is 26.2 Å². The fourth-order valence-electron chi connectivity index (χ4n) is 1.83. The fraction of sp³-hybridized carbons (Fsp3) is 0.500. The lowest BCUT2D eigenvalue weighted by atomic mass is 10.1. The van der Waals surface area contributed by atoms with Gasteiger partial charge < -0.3 is 15.3 Å². The summed E-state index contributed by atoms with van der Waals surface area (Å²) in [5, 5.41) is 11.7. The molecule has 0 aliphatic rings. The summed E-state index contributed by atoms with van der Waals surface area (Å²) >= 11 is 3.13. The average Bonchev–Trinajstić information content (AvgIpc) is 2.42. The first-order chi connectivity index (χ1) is 9.58. The molecule has 1 aromatic rings. The standard InChI is InChI=1S/C14H20BrFN2O2/c1-2-7-18(8-9-19)14(20)17-6-5-11-3-4-13(16)12(15)10-11/h3-4,10,19H,2,5-9H2,1H3,(H,17,20). The Balaban J connectivity index is 2.42. The van der Waals surface area contributed by atoms with E-state index in [2.05, 4.69) is 21.2 Å². The molecular formula is C14H20BrFN2O2. The van der Waals surface area contributed by atoms with Crippen LogP contribution in [0.25, 0.3) is 0 Å². The van der Waals surface area contributed by atoms with E-state index in [0.717, 1.165) is 12.0 Å². The van der Waals surface area contributed by atoms with Crippen LogP contribution in [0.3, 0.4) is 0 Å². The maximum atomic E-state index is 13.1. The van der Waals surface area contributed by atoms with Gasteiger partial charge in [-0.3, -0.25) is 0 Å². The average molecular weight is 347 g/mol. The van der Waals surface area contributed by atoms with Gasteiger partial charge in [-0.15, -0.1) is 0 Å². The van der Waals surface area contributed by atoms with Gasteiger partial charge in [0.1, 0.15) is 5.82 Å². The number of hydrogen-bond acceptors (Lipinski definition) is 2. The normalized spacial score (nSPS) is 10.4. The number of urea groups is 1. The third-order valence-electron chi connectivity index (χ3n) is 2.82. The second-order valence-electron chi connectivity index (χ2n) is 4.44. The van der Waals surface area contributed by atoms with Crippen molar-refractivity contribution in [1.82, 2.24) is 10.2 Å². The molecule has 0 bridgehead atoms. The predicted octanol–water partition coefficient (Wildman–Crippen LogP) is 2.54. The van der Waals surface area contributed by atoms with Gasteiger partial charge in [-0.25, -0.2) is 9.18 Å². The smallest absolute Gasteiger partial charge is 0.317 e. The molecule has 0 aromatic heterocycles. The van der Waals surface area contributed by atoms with Crippen LogP contribution in [-0.4, -0.2) is 42.3 Å². The minimum atomic E-state index is -0.296. The number of hydrogen-bond donors (Lipinski definition) is 2. The number of amides is 2. The zero-order chi connectivity index (χ0) is 15.0. The van der Waals surface area contributed by atoms with E-state index in [1.807, 2.05) is 6.92 Å². The molecule has 20 heavy (non-hydrogen) atoms. The van der Waals surface area contributed by atoms with Gasteiger partial charge in [0.15, 0.2) is 0 Å². The third kappa shape index (κ3) is 5.46. The zero-order valence-electron chi connectivity index (χ0n) is 11.5. The summed E-state index contributed by atoms with van der Waals surface area (Å²) < 4.78 is 13.5. The van der Waals surface area contributed by atoms with E-state index in [9.17, 15) is 9.18 Å². The van der Waals surface area contributed by atoms with Gasteiger partial charge in [0.05, 0.1) is 11.1 Å². The maximum absolute atomic E-state index is 13.1. The van der Waals surface area contributed by atoms with E-state index >= 15 is 0 Å². The molecule has 2 N–H and O–H groups in total. The number of benzene rings is 1. The van der Waals surface area contributed by atoms with Crippen LogP contribution < -0.4 is 5.32 Å². The molecule has 0 atom stereocenters. The van der Waals surface area contributed by atoms with E-state index < -0.39 is 0 Å². The first-order valence-corrected chi connectivity index (χ1v) is 7.45. The Kier molecular flexibility index (Phi) is 7.54. The Morgan fingerprint density at radius 2 is 2.20 bits per heavy atom. The number of carbonyl (C=O) groups excluding carboxylic acids is 1. The van der Waals surface area contributed by atoms with E-state index in [1.54, 1.807) is 17.0 Å². The molecule has 0 aliphatic heterocycles. The molecule has 6 heteroatoms. The molecule has 0 fully saturated rings. The highest BCUT2D eigenvalue weighted by molar-refractivity contribution is 9.10. The number of aliphatic hydroxyl groups is 1. The van der Waals surface area contributed by atoms with E-state index in [4.69, 9.17) is 5.11 Å². The van der Waals surface area contributed by atoms with Gasteiger partial charge in [0, 0.05) is 19.6 Å². The molecule has 0 heterocycles. The lowest BCUT2D eigenvalue weighted by Crippen LogP contribution is -2.42. The Hall–Kier alpha value is -1.14. The summed E-state index contributed by atoms with van der Waals surface area (Å²) in [6.45, 7) is 3.37. The third-order valence-corrected chi connectivity index (χ3v) is 3.43. The molecular weight excluding hydrogens is 327 g/mol. The molecule has 1 aromatic carbocycles. The van der Waals surface area contributed by atoms with Crippen LogP contribution in [0.1, 0.15) is 18.9 Å². The van der Waals surface area contributed by atoms with Gasteiger partial charge in [-0.2, -0.15) is 0 Å². The predicted molar refractivity (Wildman–Crippen MR) is 80.2 cm³/mol. The van der Waals surface area contributed by atoms with Crippen molar-refractivity contribution >= 4 is 22.0 Å². The first kappa shape index (κ1) is 16.9. The molecule has 0 unspecified atom stereocenters. The van der Waals surface area contributed by atoms with Gasteiger partial charge in [-0.1, -0.05) is 13.0 Å². The first-order valence-electron chi connectivity index (χ1n) is 6.66. The Labute approximate surface area is 127 Å². The van der Waals surface area contributed by atoms with E-state index in [-0.39, 0.29) is 18.5 Å². The number of nitrogens with zero attached hydrogens (tertiary/aromatic N) is 1. The molecule has 0 saturated carbocycles. The molecule has 0 saturated heterocycles. The topological polar surface area (TPSA) is 52.6 Å². The Bertz CT molecular complexity index is 437. The monoisotopic (exact) mass is 346 g/mol. The SMILES string of the molecule is CCCN(CCO)C(=O)NCCc1ccc(F)c(Br)c1. The van der Waals surface area contributed by atoms with Crippen LogP contribution in [-0.2, 0) is 6.42 Å². The van der Waals surface area contributed by atoms with Crippen molar-refractivity contribution in [2.24, 2.45) is 0 Å². The number of aliphatic hydroxyl groups excluding tert-OH is 1. The molecule has 112 valence electrons. The largest absolute Gasteiger partial charge is 0.395 e. The lowest BCUT2D eigenvalue weighted by molar-refractivity contribution is 0.177. The fourth-order valence-corrected chi connectivity index (χ4v) is 2.25. The van der Waals surface area contributed by atoms with Crippen LogP contribution in [0.15, 0.2) is 22.7 Å². The second kappa shape index (κ2) is 8.92. The lowest BCUT2D eigenvalue weighted by Gasteiger charge is -2.21. The number of carbonyl (C=O) groups is 1. The Morgan fingerprint density at radius 1 is 1.45 bits per heavy atom. The highest BCUT2D eigenvalue weighted by Gasteiger charge is 2.10. The van der Waals surface area contributed by atoms with Crippen molar-refractivity contribution in [2.45, 2.75) is 19.8 Å².